The maximum Gasteiger partial charge on any atom is 0.453 e. The number of halogens is 1. The topological polar surface area (TPSA) is 140 Å². The van der Waals surface area contributed by atoms with Crippen LogP contribution in [0.15, 0.2) is 42.5 Å². The maximum absolute atomic E-state index is 13.1. The van der Waals surface area contributed by atoms with Gasteiger partial charge in [0.25, 0.3) is 0 Å². The Kier molecular flexibility index (Phi) is 14.4. The minimum Gasteiger partial charge on any atom is -0.457 e. The van der Waals surface area contributed by atoms with Crippen molar-refractivity contribution in [2.75, 3.05) is 73.6 Å². The molecular formula is C30H40ClNO11. The van der Waals surface area contributed by atoms with E-state index < -0.39 is 23.8 Å². The Bertz CT molecular complexity index is 1140. The van der Waals surface area contributed by atoms with Gasteiger partial charge in [0, 0.05) is 31.8 Å². The molecule has 0 amide bonds. The quantitative estimate of drug-likeness (QED) is 0.127. The number of carbonyl (C=O) groups is 2. The number of hydrogen-bond donors (Lipinski definition) is 2. The number of aliphatic hydroxyl groups is 1. The van der Waals surface area contributed by atoms with Crippen molar-refractivity contribution in [1.29, 1.82) is 0 Å². The fourth-order valence-electron chi connectivity index (χ4n) is 4.06. The van der Waals surface area contributed by atoms with E-state index in [1.54, 1.807) is 50.6 Å². The van der Waals surface area contributed by atoms with E-state index in [1.807, 2.05) is 13.0 Å². The zero-order chi connectivity index (χ0) is 31.1. The van der Waals surface area contributed by atoms with Crippen LogP contribution in [0.3, 0.4) is 0 Å². The van der Waals surface area contributed by atoms with E-state index in [-0.39, 0.29) is 44.0 Å². The molecule has 12 nitrogen and oxygen atoms in total. The first kappa shape index (κ1) is 34.5. The van der Waals surface area contributed by atoms with Gasteiger partial charge < -0.3 is 48.3 Å². The lowest BCUT2D eigenvalue weighted by Gasteiger charge is -2.23. The number of rotatable bonds is 20. The Morgan fingerprint density at radius 1 is 0.860 bits per heavy atom. The molecule has 0 saturated carbocycles. The van der Waals surface area contributed by atoms with Gasteiger partial charge in [-0.25, -0.2) is 9.59 Å². The summed E-state index contributed by atoms with van der Waals surface area (Å²) in [7, 11) is 3.09. The van der Waals surface area contributed by atoms with Crippen molar-refractivity contribution in [2.24, 2.45) is 0 Å². The highest BCUT2D eigenvalue weighted by Crippen LogP contribution is 2.41. The third-order valence-corrected chi connectivity index (χ3v) is 6.51. The number of ether oxygens (including phenoxy) is 8. The maximum atomic E-state index is 13.1. The Hall–Kier alpha value is -2.97. The second kappa shape index (κ2) is 18.0. The summed E-state index contributed by atoms with van der Waals surface area (Å²) >= 11 is 6.03. The van der Waals surface area contributed by atoms with Crippen LogP contribution in [0.5, 0.6) is 11.5 Å². The van der Waals surface area contributed by atoms with Gasteiger partial charge in [0.1, 0.15) is 13.2 Å². The van der Waals surface area contributed by atoms with Crippen molar-refractivity contribution in [2.45, 2.75) is 31.3 Å². The highest BCUT2D eigenvalue weighted by molar-refractivity contribution is 6.30. The van der Waals surface area contributed by atoms with Gasteiger partial charge in [-0.05, 0) is 48.7 Å². The Balaban J connectivity index is 1.61. The van der Waals surface area contributed by atoms with E-state index in [4.69, 9.17) is 49.5 Å². The van der Waals surface area contributed by atoms with Crippen LogP contribution >= 0.6 is 11.6 Å². The molecule has 3 rings (SSSR count). The lowest BCUT2D eigenvalue weighted by atomic mass is 10.1. The van der Waals surface area contributed by atoms with Crippen LogP contribution in [-0.4, -0.2) is 102 Å². The number of carbonyl (C=O) groups excluding carboxylic acids is 2. The van der Waals surface area contributed by atoms with Crippen LogP contribution in [0.2, 0.25) is 5.02 Å². The summed E-state index contributed by atoms with van der Waals surface area (Å²) < 4.78 is 42.6. The zero-order valence-electron chi connectivity index (χ0n) is 24.7. The first-order valence-electron chi connectivity index (χ1n) is 13.9. The van der Waals surface area contributed by atoms with Crippen LogP contribution in [0.1, 0.15) is 24.2 Å². The van der Waals surface area contributed by atoms with Gasteiger partial charge in [-0.2, -0.15) is 0 Å². The molecule has 2 aromatic rings. The molecule has 0 spiro atoms. The molecule has 0 bridgehead atoms. The van der Waals surface area contributed by atoms with Crippen LogP contribution < -0.4 is 14.8 Å². The molecule has 0 fully saturated rings. The van der Waals surface area contributed by atoms with Crippen LogP contribution in [0, 0.1) is 0 Å². The van der Waals surface area contributed by atoms with E-state index in [9.17, 15) is 14.7 Å². The van der Waals surface area contributed by atoms with E-state index in [1.165, 1.54) is 0 Å². The van der Waals surface area contributed by atoms with E-state index in [0.717, 1.165) is 5.56 Å². The van der Waals surface area contributed by atoms with Crippen molar-refractivity contribution < 1.29 is 52.6 Å². The minimum atomic E-state index is -2.48. The fraction of sp³-hybridized carbons (Fsp3) is 0.533. The summed E-state index contributed by atoms with van der Waals surface area (Å²) in [6, 6.07) is 12.1. The lowest BCUT2D eigenvalue weighted by molar-refractivity contribution is -0.204. The van der Waals surface area contributed by atoms with Gasteiger partial charge in [0.15, 0.2) is 11.5 Å². The summed E-state index contributed by atoms with van der Waals surface area (Å²) in [4.78, 5) is 26.3. The summed E-state index contributed by atoms with van der Waals surface area (Å²) in [6.07, 6.45) is -0.176. The van der Waals surface area contributed by atoms with Crippen LogP contribution in [0.25, 0.3) is 0 Å². The molecule has 238 valence electrons. The Morgan fingerprint density at radius 3 is 2.07 bits per heavy atom. The fourth-order valence-corrected chi connectivity index (χ4v) is 4.26. The monoisotopic (exact) mass is 625 g/mol. The van der Waals surface area contributed by atoms with Crippen molar-refractivity contribution in [3.63, 3.8) is 0 Å². The number of fused-ring (bicyclic) bond motifs is 1. The smallest absolute Gasteiger partial charge is 0.453 e. The van der Waals surface area contributed by atoms with E-state index >= 15 is 0 Å². The van der Waals surface area contributed by atoms with Gasteiger partial charge >= 0.3 is 17.7 Å². The van der Waals surface area contributed by atoms with Gasteiger partial charge in [-0.15, -0.1) is 0 Å². The van der Waals surface area contributed by atoms with Crippen molar-refractivity contribution in [1.82, 2.24) is 5.32 Å². The predicted octanol–water partition coefficient (Wildman–Crippen LogP) is 2.47. The van der Waals surface area contributed by atoms with Crippen LogP contribution in [0.4, 0.5) is 0 Å². The minimum absolute atomic E-state index is 0.0369. The summed E-state index contributed by atoms with van der Waals surface area (Å²) in [5.41, 5.74) is 1.56. The SMILES string of the molecule is COCCOCCOC(=O)C1(C(=O)OCCOCCOC)Oc2ccc(C[C@@H](C)NC[C@H](O)c3cccc(Cl)c3)cc2O1. The first-order valence-corrected chi connectivity index (χ1v) is 14.3. The van der Waals surface area contributed by atoms with Gasteiger partial charge in [-0.3, -0.25) is 0 Å². The Labute approximate surface area is 256 Å². The first-order chi connectivity index (χ1) is 20.8. The Morgan fingerprint density at radius 2 is 1.47 bits per heavy atom. The molecule has 2 aromatic carbocycles. The third kappa shape index (κ3) is 10.6. The molecule has 0 unspecified atom stereocenters. The summed E-state index contributed by atoms with van der Waals surface area (Å²) in [6.45, 7) is 3.58. The second-order valence-electron chi connectivity index (χ2n) is 9.67. The molecule has 0 radical (unpaired) electrons. The van der Waals surface area contributed by atoms with Gasteiger partial charge in [0.05, 0.1) is 45.7 Å². The zero-order valence-corrected chi connectivity index (χ0v) is 25.4. The molecule has 1 aliphatic heterocycles. The number of esters is 2. The standard InChI is InChI=1S/C30H40ClNO11/c1-21(32-20-25(33)23-5-4-6-24(31)19-23)17-22-7-8-26-27(18-22)43-30(42-26,28(34)40-15-13-38-11-9-36-2)29(35)41-16-14-39-12-10-37-3/h4-8,18-19,21,25,32-33H,9-17,20H2,1-3H3/t21-,25+/m1/s1. The average Bonchev–Trinajstić information content (AvgIpc) is 3.39. The number of hydrogen-bond acceptors (Lipinski definition) is 12. The molecule has 0 aliphatic carbocycles. The molecular weight excluding hydrogens is 586 g/mol. The van der Waals surface area contributed by atoms with Crippen molar-refractivity contribution in [3.05, 3.63) is 58.6 Å². The molecule has 1 heterocycles. The van der Waals surface area contributed by atoms with E-state index in [2.05, 4.69) is 5.32 Å². The molecule has 43 heavy (non-hydrogen) atoms. The number of aliphatic hydroxyl groups excluding tert-OH is 1. The molecule has 2 N–H and O–H groups in total. The largest absolute Gasteiger partial charge is 0.457 e. The molecule has 0 saturated heterocycles. The molecule has 13 heteroatoms. The number of methoxy groups -OCH3 is 2. The predicted molar refractivity (Wildman–Crippen MR) is 155 cm³/mol. The third-order valence-electron chi connectivity index (χ3n) is 6.27. The lowest BCUT2D eigenvalue weighted by Crippen LogP contribution is -2.56. The number of benzene rings is 2. The second-order valence-corrected chi connectivity index (χ2v) is 10.1. The highest BCUT2D eigenvalue weighted by Gasteiger charge is 2.59. The van der Waals surface area contributed by atoms with Gasteiger partial charge in [-0.1, -0.05) is 29.8 Å². The van der Waals surface area contributed by atoms with Gasteiger partial charge in [0.2, 0.25) is 0 Å². The van der Waals surface area contributed by atoms with Crippen molar-refractivity contribution >= 4 is 23.5 Å². The average molecular weight is 626 g/mol. The highest BCUT2D eigenvalue weighted by atomic mass is 35.5. The molecule has 2 atom stereocenters. The number of nitrogens with one attached hydrogen (secondary N) is 1. The van der Waals surface area contributed by atoms with E-state index in [0.29, 0.717) is 50.0 Å². The summed E-state index contributed by atoms with van der Waals surface area (Å²) in [5, 5.41) is 14.4. The van der Waals surface area contributed by atoms with Crippen LogP contribution in [-0.2, 0) is 44.4 Å². The summed E-state index contributed by atoms with van der Waals surface area (Å²) in [5.74, 6) is -4.26. The molecule has 0 aromatic heterocycles. The molecule has 1 aliphatic rings. The normalized spacial score (nSPS) is 14.7. The van der Waals surface area contributed by atoms with Crippen molar-refractivity contribution in [3.8, 4) is 11.5 Å².